The van der Waals surface area contributed by atoms with Gasteiger partial charge in [0.15, 0.2) is 5.96 Å². The lowest BCUT2D eigenvalue weighted by Gasteiger charge is -2.12. The molecule has 1 aromatic heterocycles. The third-order valence-corrected chi connectivity index (χ3v) is 3.57. The number of rotatable bonds is 7. The molecule has 0 fully saturated rings. The Hall–Kier alpha value is -2.03. The standard InChI is InChI=1S/C18H25N5O.HI/c1-3-20-17(24)16-8-6-15(7-9-16)14-22-18(19-2)21-10-13-23-11-4-5-12-23;/h4-9,11-12H,3,10,13-14H2,1-2H3,(H,20,24)(H2,19,21,22);1H. The van der Waals surface area contributed by atoms with Gasteiger partial charge in [0.1, 0.15) is 0 Å². The predicted octanol–water partition coefficient (Wildman–Crippen LogP) is 2.22. The first kappa shape index (κ1) is 21.0. The monoisotopic (exact) mass is 455 g/mol. The summed E-state index contributed by atoms with van der Waals surface area (Å²) in [6.07, 6.45) is 4.07. The summed E-state index contributed by atoms with van der Waals surface area (Å²) in [5, 5.41) is 9.34. The fraction of sp³-hybridized carbons (Fsp3) is 0.333. The van der Waals surface area contributed by atoms with Crippen molar-refractivity contribution in [1.82, 2.24) is 20.5 Å². The fourth-order valence-electron chi connectivity index (χ4n) is 2.27. The van der Waals surface area contributed by atoms with Gasteiger partial charge in [0.2, 0.25) is 0 Å². The van der Waals surface area contributed by atoms with Crippen molar-refractivity contribution < 1.29 is 4.79 Å². The van der Waals surface area contributed by atoms with Crippen LogP contribution < -0.4 is 16.0 Å². The second-order valence-corrected chi connectivity index (χ2v) is 5.33. The number of hydrogen-bond acceptors (Lipinski definition) is 2. The number of amides is 1. The quantitative estimate of drug-likeness (QED) is 0.341. The van der Waals surface area contributed by atoms with Gasteiger partial charge in [0.05, 0.1) is 0 Å². The molecule has 0 saturated carbocycles. The SMILES string of the molecule is CCNC(=O)c1ccc(CNC(=NC)NCCn2cccc2)cc1.I. The third kappa shape index (κ3) is 7.16. The maximum absolute atomic E-state index is 11.7. The van der Waals surface area contributed by atoms with Gasteiger partial charge in [0.25, 0.3) is 5.91 Å². The summed E-state index contributed by atoms with van der Waals surface area (Å²) in [5.74, 6) is 0.717. The summed E-state index contributed by atoms with van der Waals surface area (Å²) in [5.41, 5.74) is 1.77. The second-order valence-electron chi connectivity index (χ2n) is 5.33. The van der Waals surface area contributed by atoms with Crippen molar-refractivity contribution in [3.05, 3.63) is 59.9 Å². The average Bonchev–Trinajstić information content (AvgIpc) is 3.12. The van der Waals surface area contributed by atoms with Crippen molar-refractivity contribution in [3.63, 3.8) is 0 Å². The highest BCUT2D eigenvalue weighted by Gasteiger charge is 2.04. The van der Waals surface area contributed by atoms with Crippen molar-refractivity contribution in [1.29, 1.82) is 0 Å². The maximum Gasteiger partial charge on any atom is 0.251 e. The Morgan fingerprint density at radius 1 is 1.08 bits per heavy atom. The molecule has 1 aromatic carbocycles. The second kappa shape index (κ2) is 11.5. The van der Waals surface area contributed by atoms with Gasteiger partial charge in [-0.25, -0.2) is 0 Å². The number of aromatic nitrogens is 1. The number of nitrogens with one attached hydrogen (secondary N) is 3. The molecule has 0 unspecified atom stereocenters. The van der Waals surface area contributed by atoms with Gasteiger partial charge in [-0.2, -0.15) is 0 Å². The zero-order chi connectivity index (χ0) is 17.2. The number of carbonyl (C=O) groups excluding carboxylic acids is 1. The van der Waals surface area contributed by atoms with Crippen molar-refractivity contribution in [2.45, 2.75) is 20.0 Å². The Labute approximate surface area is 166 Å². The van der Waals surface area contributed by atoms with Gasteiger partial charge in [0, 0.05) is 51.2 Å². The molecular weight excluding hydrogens is 429 g/mol. The third-order valence-electron chi connectivity index (χ3n) is 3.57. The molecule has 6 nitrogen and oxygen atoms in total. The van der Waals surface area contributed by atoms with E-state index >= 15 is 0 Å². The van der Waals surface area contributed by atoms with E-state index < -0.39 is 0 Å². The zero-order valence-corrected chi connectivity index (χ0v) is 17.0. The first-order valence-electron chi connectivity index (χ1n) is 8.15. The maximum atomic E-state index is 11.7. The summed E-state index contributed by atoms with van der Waals surface area (Å²) in [7, 11) is 1.75. The largest absolute Gasteiger partial charge is 0.355 e. The van der Waals surface area contributed by atoms with Crippen molar-refractivity contribution in [2.75, 3.05) is 20.1 Å². The van der Waals surface area contributed by atoms with Gasteiger partial charge in [-0.05, 0) is 36.8 Å². The molecule has 3 N–H and O–H groups in total. The lowest BCUT2D eigenvalue weighted by molar-refractivity contribution is 0.0956. The summed E-state index contributed by atoms with van der Waals surface area (Å²) in [4.78, 5) is 15.9. The lowest BCUT2D eigenvalue weighted by atomic mass is 10.1. The van der Waals surface area contributed by atoms with E-state index in [1.54, 1.807) is 7.05 Å². The molecule has 7 heteroatoms. The molecule has 0 bridgehead atoms. The first-order valence-corrected chi connectivity index (χ1v) is 8.15. The minimum atomic E-state index is -0.0421. The van der Waals surface area contributed by atoms with E-state index in [9.17, 15) is 4.79 Å². The fourth-order valence-corrected chi connectivity index (χ4v) is 2.27. The molecular formula is C18H26IN5O. The van der Waals surface area contributed by atoms with Crippen LogP contribution in [-0.4, -0.2) is 36.6 Å². The Morgan fingerprint density at radius 2 is 1.76 bits per heavy atom. The summed E-state index contributed by atoms with van der Waals surface area (Å²) >= 11 is 0. The zero-order valence-electron chi connectivity index (χ0n) is 14.7. The van der Waals surface area contributed by atoms with E-state index in [0.29, 0.717) is 18.7 Å². The van der Waals surface area contributed by atoms with E-state index in [2.05, 4.69) is 25.5 Å². The Kier molecular flexibility index (Phi) is 9.68. The molecule has 0 aliphatic rings. The van der Waals surface area contributed by atoms with Crippen LogP contribution in [0.25, 0.3) is 0 Å². The van der Waals surface area contributed by atoms with Crippen LogP contribution in [0.5, 0.6) is 0 Å². The summed E-state index contributed by atoms with van der Waals surface area (Å²) < 4.78 is 2.11. The van der Waals surface area contributed by atoms with Crippen LogP contribution in [-0.2, 0) is 13.1 Å². The highest BCUT2D eigenvalue weighted by atomic mass is 127. The molecule has 2 aromatic rings. The number of hydrogen-bond donors (Lipinski definition) is 3. The smallest absolute Gasteiger partial charge is 0.251 e. The highest BCUT2D eigenvalue weighted by Crippen LogP contribution is 2.04. The van der Waals surface area contributed by atoms with E-state index in [4.69, 9.17) is 0 Å². The van der Waals surface area contributed by atoms with Crippen LogP contribution in [0.1, 0.15) is 22.8 Å². The number of halogens is 1. The van der Waals surface area contributed by atoms with E-state index in [0.717, 1.165) is 24.6 Å². The van der Waals surface area contributed by atoms with Crippen LogP contribution in [0.4, 0.5) is 0 Å². The number of benzene rings is 1. The molecule has 0 radical (unpaired) electrons. The summed E-state index contributed by atoms with van der Waals surface area (Å²) in [6.45, 7) is 4.87. The van der Waals surface area contributed by atoms with Gasteiger partial charge in [-0.3, -0.25) is 9.79 Å². The average molecular weight is 455 g/mol. The van der Waals surface area contributed by atoms with Crippen LogP contribution in [0, 0.1) is 0 Å². The van der Waals surface area contributed by atoms with Crippen LogP contribution in [0.15, 0.2) is 53.8 Å². The van der Waals surface area contributed by atoms with Crippen LogP contribution in [0.2, 0.25) is 0 Å². The first-order chi connectivity index (χ1) is 11.7. The minimum Gasteiger partial charge on any atom is -0.355 e. The van der Waals surface area contributed by atoms with Crippen molar-refractivity contribution in [3.8, 4) is 0 Å². The lowest BCUT2D eigenvalue weighted by Crippen LogP contribution is -2.38. The Bertz CT molecular complexity index is 653. The van der Waals surface area contributed by atoms with E-state index in [1.807, 2.05) is 55.7 Å². The van der Waals surface area contributed by atoms with Gasteiger partial charge in [-0.1, -0.05) is 12.1 Å². The Morgan fingerprint density at radius 3 is 2.36 bits per heavy atom. The van der Waals surface area contributed by atoms with E-state index in [-0.39, 0.29) is 29.9 Å². The molecule has 136 valence electrons. The molecule has 1 heterocycles. The van der Waals surface area contributed by atoms with Crippen molar-refractivity contribution >= 4 is 35.8 Å². The molecule has 0 atom stereocenters. The summed E-state index contributed by atoms with van der Waals surface area (Å²) in [6, 6.07) is 11.6. The number of nitrogens with zero attached hydrogens (tertiary/aromatic N) is 2. The van der Waals surface area contributed by atoms with E-state index in [1.165, 1.54) is 0 Å². The normalized spacial score (nSPS) is 10.7. The predicted molar refractivity (Wildman–Crippen MR) is 112 cm³/mol. The van der Waals surface area contributed by atoms with Crippen LogP contribution in [0.3, 0.4) is 0 Å². The minimum absolute atomic E-state index is 0. The molecule has 0 spiro atoms. The molecule has 25 heavy (non-hydrogen) atoms. The topological polar surface area (TPSA) is 70.4 Å². The van der Waals surface area contributed by atoms with Crippen LogP contribution >= 0.6 is 24.0 Å². The highest BCUT2D eigenvalue weighted by molar-refractivity contribution is 14.0. The van der Waals surface area contributed by atoms with Gasteiger partial charge < -0.3 is 20.5 Å². The number of guanidine groups is 1. The molecule has 1 amide bonds. The molecule has 0 saturated heterocycles. The number of aliphatic imine (C=N–C) groups is 1. The van der Waals surface area contributed by atoms with Crippen molar-refractivity contribution in [2.24, 2.45) is 4.99 Å². The van der Waals surface area contributed by atoms with Gasteiger partial charge in [-0.15, -0.1) is 24.0 Å². The molecule has 0 aliphatic carbocycles. The Balaban J connectivity index is 0.00000312. The molecule has 0 aliphatic heterocycles. The molecule has 2 rings (SSSR count). The number of carbonyl (C=O) groups is 1. The van der Waals surface area contributed by atoms with Gasteiger partial charge >= 0.3 is 0 Å².